The second kappa shape index (κ2) is 6.17. The lowest BCUT2D eigenvalue weighted by atomic mass is 10.2. The Morgan fingerprint density at radius 3 is 2.89 bits per heavy atom. The molecule has 2 N–H and O–H groups in total. The molecule has 0 radical (unpaired) electrons. The molecule has 0 fully saturated rings. The van der Waals surface area contributed by atoms with Crippen LogP contribution in [0.3, 0.4) is 0 Å². The molecule has 2 aromatic heterocycles. The maximum atomic E-state index is 12.0. The summed E-state index contributed by atoms with van der Waals surface area (Å²) in [4.78, 5) is 15.9. The van der Waals surface area contributed by atoms with Gasteiger partial charge < -0.3 is 9.88 Å². The van der Waals surface area contributed by atoms with Crippen LogP contribution >= 0.6 is 0 Å². The molecule has 0 aliphatic carbocycles. The number of unbranched alkanes of at least 4 members (excludes halogenated alkanes) is 1. The molecule has 0 unspecified atom stereocenters. The number of aromatic amines is 1. The fraction of sp³-hybridized carbons (Fsp3) is 0.462. The molecule has 2 aromatic rings. The third-order valence-corrected chi connectivity index (χ3v) is 3.04. The molecule has 2 rings (SSSR count). The highest BCUT2D eigenvalue weighted by Crippen LogP contribution is 2.08. The van der Waals surface area contributed by atoms with Crippen LogP contribution in [0.1, 0.15) is 34.6 Å². The molecule has 0 aliphatic heterocycles. The fourth-order valence-corrected chi connectivity index (χ4v) is 2.01. The molecule has 0 saturated heterocycles. The largest absolute Gasteiger partial charge is 0.352 e. The SMILES string of the molecule is Cc1n[nH]c(C)c1C(=O)NCCCCn1ccnc1. The number of nitrogens with zero attached hydrogens (tertiary/aromatic N) is 3. The number of hydrogen-bond donors (Lipinski definition) is 2. The van der Waals surface area contributed by atoms with E-state index in [1.54, 1.807) is 12.5 Å². The van der Waals surface area contributed by atoms with Gasteiger partial charge in [0.1, 0.15) is 0 Å². The summed E-state index contributed by atoms with van der Waals surface area (Å²) >= 11 is 0. The number of aryl methyl sites for hydroxylation is 3. The smallest absolute Gasteiger partial charge is 0.255 e. The Balaban J connectivity index is 1.70. The van der Waals surface area contributed by atoms with E-state index in [-0.39, 0.29) is 5.91 Å². The average Bonchev–Trinajstić information content (AvgIpc) is 2.99. The van der Waals surface area contributed by atoms with Crippen LogP contribution in [-0.2, 0) is 6.54 Å². The van der Waals surface area contributed by atoms with Crippen molar-refractivity contribution in [2.45, 2.75) is 33.2 Å². The second-order valence-electron chi connectivity index (χ2n) is 4.57. The molecular formula is C13H19N5O. The Hall–Kier alpha value is -2.11. The summed E-state index contributed by atoms with van der Waals surface area (Å²) in [5, 5.41) is 9.76. The van der Waals surface area contributed by atoms with Crippen LogP contribution in [0.4, 0.5) is 0 Å². The Morgan fingerprint density at radius 2 is 2.26 bits per heavy atom. The summed E-state index contributed by atoms with van der Waals surface area (Å²) in [6, 6.07) is 0. The van der Waals surface area contributed by atoms with E-state index in [0.717, 1.165) is 30.8 Å². The first kappa shape index (κ1) is 13.3. The summed E-state index contributed by atoms with van der Waals surface area (Å²) in [5.41, 5.74) is 2.22. The molecule has 102 valence electrons. The first-order chi connectivity index (χ1) is 9.18. The van der Waals surface area contributed by atoms with Gasteiger partial charge in [0.15, 0.2) is 0 Å². The Bertz CT molecular complexity index is 510. The highest BCUT2D eigenvalue weighted by molar-refractivity contribution is 5.96. The molecule has 19 heavy (non-hydrogen) atoms. The van der Waals surface area contributed by atoms with E-state index in [2.05, 4.69) is 20.5 Å². The van der Waals surface area contributed by atoms with Gasteiger partial charge in [0.25, 0.3) is 5.91 Å². The van der Waals surface area contributed by atoms with Crippen LogP contribution in [0.15, 0.2) is 18.7 Å². The van der Waals surface area contributed by atoms with Crippen molar-refractivity contribution in [3.05, 3.63) is 35.7 Å². The van der Waals surface area contributed by atoms with E-state index in [0.29, 0.717) is 12.1 Å². The van der Waals surface area contributed by atoms with Crippen molar-refractivity contribution < 1.29 is 4.79 Å². The summed E-state index contributed by atoms with van der Waals surface area (Å²) in [6.07, 6.45) is 7.47. The molecule has 0 aromatic carbocycles. The van der Waals surface area contributed by atoms with E-state index >= 15 is 0 Å². The number of H-pyrrole nitrogens is 1. The summed E-state index contributed by atoms with van der Waals surface area (Å²) in [5.74, 6) is -0.0496. The maximum absolute atomic E-state index is 12.0. The summed E-state index contributed by atoms with van der Waals surface area (Å²) in [7, 11) is 0. The number of rotatable bonds is 6. The van der Waals surface area contributed by atoms with E-state index in [9.17, 15) is 4.79 Å². The zero-order valence-electron chi connectivity index (χ0n) is 11.3. The van der Waals surface area contributed by atoms with Gasteiger partial charge in [0.2, 0.25) is 0 Å². The first-order valence-electron chi connectivity index (χ1n) is 6.44. The number of amides is 1. The topological polar surface area (TPSA) is 75.6 Å². The van der Waals surface area contributed by atoms with Gasteiger partial charge in [-0.2, -0.15) is 5.10 Å². The predicted molar refractivity (Wildman–Crippen MR) is 71.9 cm³/mol. The van der Waals surface area contributed by atoms with Gasteiger partial charge in [-0.05, 0) is 26.7 Å². The molecule has 0 saturated carbocycles. The minimum Gasteiger partial charge on any atom is -0.352 e. The quantitative estimate of drug-likeness (QED) is 0.772. The lowest BCUT2D eigenvalue weighted by Crippen LogP contribution is -2.25. The monoisotopic (exact) mass is 261 g/mol. The van der Waals surface area contributed by atoms with Gasteiger partial charge in [0, 0.05) is 31.2 Å². The molecule has 6 nitrogen and oxygen atoms in total. The molecule has 0 atom stereocenters. The van der Waals surface area contributed by atoms with Gasteiger partial charge in [-0.25, -0.2) is 4.98 Å². The van der Waals surface area contributed by atoms with Crippen LogP contribution in [0.2, 0.25) is 0 Å². The predicted octanol–water partition coefficient (Wildman–Crippen LogP) is 1.43. The van der Waals surface area contributed by atoms with Crippen molar-refractivity contribution in [1.82, 2.24) is 25.1 Å². The van der Waals surface area contributed by atoms with Crippen LogP contribution in [-0.4, -0.2) is 32.2 Å². The molecule has 1 amide bonds. The number of aromatic nitrogens is 4. The van der Waals surface area contributed by atoms with Crippen molar-refractivity contribution in [1.29, 1.82) is 0 Å². The Morgan fingerprint density at radius 1 is 1.42 bits per heavy atom. The highest BCUT2D eigenvalue weighted by Gasteiger charge is 2.14. The van der Waals surface area contributed by atoms with E-state index in [1.807, 2.05) is 24.6 Å². The van der Waals surface area contributed by atoms with Gasteiger partial charge >= 0.3 is 0 Å². The Labute approximate surface area is 112 Å². The van der Waals surface area contributed by atoms with Gasteiger partial charge in [0.05, 0.1) is 17.6 Å². The van der Waals surface area contributed by atoms with Crippen molar-refractivity contribution in [3.8, 4) is 0 Å². The summed E-state index contributed by atoms with van der Waals surface area (Å²) in [6.45, 7) is 5.29. The third kappa shape index (κ3) is 3.43. The fourth-order valence-electron chi connectivity index (χ4n) is 2.01. The van der Waals surface area contributed by atoms with Gasteiger partial charge in [-0.3, -0.25) is 9.89 Å². The zero-order valence-corrected chi connectivity index (χ0v) is 11.3. The number of imidazole rings is 1. The first-order valence-corrected chi connectivity index (χ1v) is 6.44. The van der Waals surface area contributed by atoms with Crippen LogP contribution in [0, 0.1) is 13.8 Å². The van der Waals surface area contributed by atoms with Crippen molar-refractivity contribution in [2.75, 3.05) is 6.54 Å². The van der Waals surface area contributed by atoms with Gasteiger partial charge in [-0.15, -0.1) is 0 Å². The Kier molecular flexibility index (Phi) is 4.33. The molecule has 0 aliphatic rings. The second-order valence-corrected chi connectivity index (χ2v) is 4.57. The number of carbonyl (C=O) groups excluding carboxylic acids is 1. The lowest BCUT2D eigenvalue weighted by molar-refractivity contribution is 0.0951. The minimum atomic E-state index is -0.0496. The molecule has 6 heteroatoms. The molecule has 0 bridgehead atoms. The maximum Gasteiger partial charge on any atom is 0.255 e. The minimum absolute atomic E-state index is 0.0496. The van der Waals surface area contributed by atoms with Crippen LogP contribution in [0.25, 0.3) is 0 Å². The van der Waals surface area contributed by atoms with E-state index in [1.165, 1.54) is 0 Å². The van der Waals surface area contributed by atoms with Crippen molar-refractivity contribution in [2.24, 2.45) is 0 Å². The van der Waals surface area contributed by atoms with Crippen LogP contribution < -0.4 is 5.32 Å². The molecule has 2 heterocycles. The van der Waals surface area contributed by atoms with E-state index in [4.69, 9.17) is 0 Å². The average molecular weight is 261 g/mol. The number of nitrogens with one attached hydrogen (secondary N) is 2. The number of carbonyl (C=O) groups is 1. The van der Waals surface area contributed by atoms with Crippen molar-refractivity contribution >= 4 is 5.91 Å². The normalized spacial score (nSPS) is 10.6. The highest BCUT2D eigenvalue weighted by atomic mass is 16.1. The molecular weight excluding hydrogens is 242 g/mol. The van der Waals surface area contributed by atoms with Crippen LogP contribution in [0.5, 0.6) is 0 Å². The van der Waals surface area contributed by atoms with Gasteiger partial charge in [-0.1, -0.05) is 0 Å². The van der Waals surface area contributed by atoms with Crippen molar-refractivity contribution in [3.63, 3.8) is 0 Å². The van der Waals surface area contributed by atoms with E-state index < -0.39 is 0 Å². The zero-order chi connectivity index (χ0) is 13.7. The standard InChI is InChI=1S/C13H19N5O/c1-10-12(11(2)17-16-10)13(19)15-5-3-4-7-18-8-6-14-9-18/h6,8-9H,3-5,7H2,1-2H3,(H,15,19)(H,16,17). The third-order valence-electron chi connectivity index (χ3n) is 3.04. The lowest BCUT2D eigenvalue weighted by Gasteiger charge is -2.05. The summed E-state index contributed by atoms with van der Waals surface area (Å²) < 4.78 is 2.03. The number of hydrogen-bond acceptors (Lipinski definition) is 3. The molecule has 0 spiro atoms.